The molecule has 9 heteroatoms. The van der Waals surface area contributed by atoms with Gasteiger partial charge in [0.05, 0.1) is 25.8 Å². The Kier molecular flexibility index (Phi) is 8.34. The number of benzene rings is 1. The van der Waals surface area contributed by atoms with E-state index < -0.39 is 0 Å². The number of amides is 2. The van der Waals surface area contributed by atoms with Crippen LogP contribution in [-0.2, 0) is 29.6 Å². The van der Waals surface area contributed by atoms with Gasteiger partial charge in [0.15, 0.2) is 11.0 Å². The van der Waals surface area contributed by atoms with Crippen LogP contribution in [0.15, 0.2) is 29.4 Å². The van der Waals surface area contributed by atoms with E-state index in [1.54, 1.807) is 7.11 Å². The molecule has 2 amide bonds. The van der Waals surface area contributed by atoms with Crippen molar-refractivity contribution in [3.63, 3.8) is 0 Å². The first-order chi connectivity index (χ1) is 15.0. The second-order valence-corrected chi connectivity index (χ2v) is 8.93. The number of ether oxygens (including phenoxy) is 1. The maximum absolute atomic E-state index is 12.3. The van der Waals surface area contributed by atoms with E-state index in [1.807, 2.05) is 35.9 Å². The van der Waals surface area contributed by atoms with Gasteiger partial charge in [-0.3, -0.25) is 9.59 Å². The average Bonchev–Trinajstić information content (AvgIpc) is 3.12. The van der Waals surface area contributed by atoms with Crippen molar-refractivity contribution in [3.8, 4) is 5.75 Å². The summed E-state index contributed by atoms with van der Waals surface area (Å²) in [4.78, 5) is 24.6. The molecule has 0 spiro atoms. The Bertz CT molecular complexity index is 884. The summed E-state index contributed by atoms with van der Waals surface area (Å²) in [6, 6.07) is 7.68. The molecular weight excluding hydrogens is 414 g/mol. The van der Waals surface area contributed by atoms with Crippen molar-refractivity contribution in [2.24, 2.45) is 13.0 Å². The van der Waals surface area contributed by atoms with Gasteiger partial charge in [-0.1, -0.05) is 43.7 Å². The van der Waals surface area contributed by atoms with Gasteiger partial charge < -0.3 is 19.9 Å². The molecule has 0 saturated heterocycles. The molecule has 0 unspecified atom stereocenters. The van der Waals surface area contributed by atoms with Gasteiger partial charge in [0.1, 0.15) is 5.75 Å². The molecule has 1 fully saturated rings. The Morgan fingerprint density at radius 2 is 1.90 bits per heavy atom. The smallest absolute Gasteiger partial charge is 0.230 e. The van der Waals surface area contributed by atoms with E-state index in [9.17, 15) is 9.59 Å². The highest BCUT2D eigenvalue weighted by Gasteiger charge is 2.23. The normalized spacial score (nSPS) is 18.4. The zero-order chi connectivity index (χ0) is 22.2. The zero-order valence-corrected chi connectivity index (χ0v) is 19.2. The number of aromatic nitrogens is 3. The standard InChI is InChI=1S/C22H31N5O3S/c1-15-6-4-5-7-18(15)24-21(29)14-31-22-26-25-19(27(22)2)13-23-20(28)12-16-8-10-17(30-3)11-9-16/h8-11,15,18H,4-7,12-14H2,1-3H3,(H,23,28)(H,24,29)/t15-,18-/m0/s1. The molecule has 1 aliphatic carbocycles. The molecule has 0 bridgehead atoms. The average molecular weight is 446 g/mol. The third-order valence-electron chi connectivity index (χ3n) is 5.68. The minimum atomic E-state index is -0.0941. The molecule has 168 valence electrons. The minimum absolute atomic E-state index is 0.0288. The van der Waals surface area contributed by atoms with Crippen LogP contribution in [0, 0.1) is 5.92 Å². The molecule has 0 aliphatic heterocycles. The minimum Gasteiger partial charge on any atom is -0.497 e. The quantitative estimate of drug-likeness (QED) is 0.576. The van der Waals surface area contributed by atoms with Crippen LogP contribution in [0.3, 0.4) is 0 Å². The Labute approximate surface area is 187 Å². The lowest BCUT2D eigenvalue weighted by Gasteiger charge is -2.29. The summed E-state index contributed by atoms with van der Waals surface area (Å²) in [5.41, 5.74) is 0.908. The molecule has 1 aromatic heterocycles. The highest BCUT2D eigenvalue weighted by molar-refractivity contribution is 7.99. The second-order valence-electron chi connectivity index (χ2n) is 7.98. The SMILES string of the molecule is COc1ccc(CC(=O)NCc2nnc(SCC(=O)N[C@H]3CCCC[C@@H]3C)n2C)cc1. The molecule has 1 aliphatic rings. The van der Waals surface area contributed by atoms with Crippen LogP contribution >= 0.6 is 11.8 Å². The first kappa shape index (κ1) is 23.1. The van der Waals surface area contributed by atoms with E-state index in [1.165, 1.54) is 31.0 Å². The first-order valence-corrected chi connectivity index (χ1v) is 11.6. The summed E-state index contributed by atoms with van der Waals surface area (Å²) < 4.78 is 6.94. The van der Waals surface area contributed by atoms with Crippen LogP contribution < -0.4 is 15.4 Å². The lowest BCUT2D eigenvalue weighted by atomic mass is 9.86. The molecule has 8 nitrogen and oxygen atoms in total. The number of nitrogens with zero attached hydrogens (tertiary/aromatic N) is 3. The Morgan fingerprint density at radius 1 is 1.16 bits per heavy atom. The van der Waals surface area contributed by atoms with E-state index in [2.05, 4.69) is 27.8 Å². The maximum Gasteiger partial charge on any atom is 0.230 e. The number of hydrogen-bond donors (Lipinski definition) is 2. The number of carbonyl (C=O) groups excluding carboxylic acids is 2. The summed E-state index contributed by atoms with van der Waals surface area (Å²) in [6.07, 6.45) is 4.94. The zero-order valence-electron chi connectivity index (χ0n) is 18.4. The number of rotatable bonds is 9. The third-order valence-corrected chi connectivity index (χ3v) is 6.70. The maximum atomic E-state index is 12.3. The van der Waals surface area contributed by atoms with Gasteiger partial charge in [-0.05, 0) is 36.5 Å². The Hall–Kier alpha value is -2.55. The molecule has 3 rings (SSSR count). The summed E-state index contributed by atoms with van der Waals surface area (Å²) in [7, 11) is 3.45. The van der Waals surface area contributed by atoms with Crippen LogP contribution in [0.25, 0.3) is 0 Å². The molecule has 2 atom stereocenters. The summed E-state index contributed by atoms with van der Waals surface area (Å²) in [5, 5.41) is 15.0. The summed E-state index contributed by atoms with van der Waals surface area (Å²) >= 11 is 1.36. The van der Waals surface area contributed by atoms with Gasteiger partial charge in [0, 0.05) is 13.1 Å². The fourth-order valence-electron chi connectivity index (χ4n) is 3.70. The molecule has 31 heavy (non-hydrogen) atoms. The number of thioether (sulfide) groups is 1. The molecule has 2 N–H and O–H groups in total. The summed E-state index contributed by atoms with van der Waals surface area (Å²) in [6.45, 7) is 2.49. The predicted octanol–water partition coefficient (Wildman–Crippen LogP) is 2.47. The van der Waals surface area contributed by atoms with Gasteiger partial charge in [-0.2, -0.15) is 0 Å². The third kappa shape index (κ3) is 6.72. The molecule has 1 aromatic carbocycles. The molecular formula is C22H31N5O3S. The monoisotopic (exact) mass is 445 g/mol. The van der Waals surface area contributed by atoms with Crippen LogP contribution in [0.2, 0.25) is 0 Å². The van der Waals surface area contributed by atoms with Crippen molar-refractivity contribution in [1.29, 1.82) is 0 Å². The largest absolute Gasteiger partial charge is 0.497 e. The number of methoxy groups -OCH3 is 1. The van der Waals surface area contributed by atoms with Gasteiger partial charge in [-0.25, -0.2) is 0 Å². The highest BCUT2D eigenvalue weighted by atomic mass is 32.2. The lowest BCUT2D eigenvalue weighted by Crippen LogP contribution is -2.41. The van der Waals surface area contributed by atoms with E-state index in [0.717, 1.165) is 17.7 Å². The number of nitrogens with one attached hydrogen (secondary N) is 2. The van der Waals surface area contributed by atoms with E-state index >= 15 is 0 Å². The first-order valence-electron chi connectivity index (χ1n) is 10.7. The fourth-order valence-corrected chi connectivity index (χ4v) is 4.44. The van der Waals surface area contributed by atoms with E-state index in [0.29, 0.717) is 22.7 Å². The fraction of sp³-hybridized carbons (Fsp3) is 0.545. The van der Waals surface area contributed by atoms with E-state index in [4.69, 9.17) is 4.74 Å². The predicted molar refractivity (Wildman–Crippen MR) is 120 cm³/mol. The van der Waals surface area contributed by atoms with Crippen molar-refractivity contribution >= 4 is 23.6 Å². The summed E-state index contributed by atoms with van der Waals surface area (Å²) in [5.74, 6) is 2.18. The van der Waals surface area contributed by atoms with Crippen LogP contribution in [0.1, 0.15) is 44.0 Å². The van der Waals surface area contributed by atoms with Crippen molar-refractivity contribution in [2.45, 2.75) is 56.8 Å². The molecule has 0 radical (unpaired) electrons. The van der Waals surface area contributed by atoms with Gasteiger partial charge in [0.2, 0.25) is 11.8 Å². The second kappa shape index (κ2) is 11.2. The Morgan fingerprint density at radius 3 is 2.61 bits per heavy atom. The highest BCUT2D eigenvalue weighted by Crippen LogP contribution is 2.24. The molecule has 1 heterocycles. The van der Waals surface area contributed by atoms with Crippen molar-refractivity contribution in [3.05, 3.63) is 35.7 Å². The number of hydrogen-bond acceptors (Lipinski definition) is 6. The van der Waals surface area contributed by atoms with Crippen LogP contribution in [0.5, 0.6) is 5.75 Å². The van der Waals surface area contributed by atoms with Crippen molar-refractivity contribution in [2.75, 3.05) is 12.9 Å². The van der Waals surface area contributed by atoms with Crippen molar-refractivity contribution < 1.29 is 14.3 Å². The van der Waals surface area contributed by atoms with Crippen LogP contribution in [-0.4, -0.2) is 45.5 Å². The molecule has 1 saturated carbocycles. The molecule has 2 aromatic rings. The van der Waals surface area contributed by atoms with E-state index in [-0.39, 0.29) is 30.8 Å². The van der Waals surface area contributed by atoms with Crippen molar-refractivity contribution in [1.82, 2.24) is 25.4 Å². The Balaban J connectivity index is 1.43. The number of carbonyl (C=O) groups is 2. The van der Waals surface area contributed by atoms with Gasteiger partial charge in [0.25, 0.3) is 0 Å². The van der Waals surface area contributed by atoms with Gasteiger partial charge in [-0.15, -0.1) is 10.2 Å². The lowest BCUT2D eigenvalue weighted by molar-refractivity contribution is -0.121. The van der Waals surface area contributed by atoms with Crippen LogP contribution in [0.4, 0.5) is 0 Å². The topological polar surface area (TPSA) is 98.1 Å². The van der Waals surface area contributed by atoms with Gasteiger partial charge >= 0.3 is 0 Å².